The van der Waals surface area contributed by atoms with Gasteiger partial charge in [-0.15, -0.1) is 11.3 Å². The number of hydrogen-bond donors (Lipinski definition) is 1. The molecule has 1 N–H and O–H groups in total. The van der Waals surface area contributed by atoms with Crippen molar-refractivity contribution in [3.05, 3.63) is 16.1 Å². The van der Waals surface area contributed by atoms with Crippen LogP contribution in [0.3, 0.4) is 0 Å². The Hall–Kier alpha value is -0.450. The van der Waals surface area contributed by atoms with E-state index in [1.54, 1.807) is 0 Å². The first-order chi connectivity index (χ1) is 8.73. The smallest absolute Gasteiger partial charge is 0.0972 e. The lowest BCUT2D eigenvalue weighted by Gasteiger charge is -2.28. The minimum atomic E-state index is 0.379. The van der Waals surface area contributed by atoms with Gasteiger partial charge in [-0.1, -0.05) is 0 Å². The van der Waals surface area contributed by atoms with Gasteiger partial charge in [0.05, 0.1) is 10.7 Å². The van der Waals surface area contributed by atoms with E-state index < -0.39 is 0 Å². The molecular weight excluding hydrogens is 242 g/mol. The Bertz CT molecular complexity index is 411. The van der Waals surface area contributed by atoms with Crippen molar-refractivity contribution in [3.8, 4) is 0 Å². The van der Waals surface area contributed by atoms with Gasteiger partial charge in [-0.2, -0.15) is 0 Å². The quantitative estimate of drug-likeness (QED) is 0.904. The molecule has 0 bridgehead atoms. The zero-order chi connectivity index (χ0) is 12.6. The van der Waals surface area contributed by atoms with Crippen LogP contribution in [0.25, 0.3) is 0 Å². The summed E-state index contributed by atoms with van der Waals surface area (Å²) >= 11 is 1.89. The van der Waals surface area contributed by atoms with Crippen LogP contribution < -0.4 is 5.32 Å². The number of nitrogens with zero attached hydrogens (tertiary/aromatic N) is 2. The van der Waals surface area contributed by atoms with Crippen molar-refractivity contribution in [3.63, 3.8) is 0 Å². The number of nitrogens with one attached hydrogen (secondary N) is 1. The Kier molecular flexibility index (Phi) is 3.43. The Balaban J connectivity index is 1.73. The lowest BCUT2D eigenvalue weighted by atomic mass is 9.99. The van der Waals surface area contributed by atoms with Gasteiger partial charge in [0.25, 0.3) is 0 Å². The molecule has 1 aromatic heterocycles. The number of aromatic nitrogens is 1. The van der Waals surface area contributed by atoms with Crippen LogP contribution in [0, 0.1) is 0 Å². The summed E-state index contributed by atoms with van der Waals surface area (Å²) in [5.41, 5.74) is 1.73. The molecule has 4 heteroatoms. The summed E-state index contributed by atoms with van der Waals surface area (Å²) in [5.74, 6) is 0.674. The van der Waals surface area contributed by atoms with Crippen LogP contribution in [0.1, 0.15) is 42.3 Å². The number of thiazole rings is 1. The van der Waals surface area contributed by atoms with Gasteiger partial charge in [-0.05, 0) is 46.3 Å². The van der Waals surface area contributed by atoms with E-state index in [1.807, 2.05) is 18.4 Å². The third kappa shape index (κ3) is 2.33. The van der Waals surface area contributed by atoms with Gasteiger partial charge in [0.1, 0.15) is 0 Å². The topological polar surface area (TPSA) is 28.2 Å². The second-order valence-electron chi connectivity index (χ2n) is 5.98. The maximum Gasteiger partial charge on any atom is 0.0972 e. The maximum atomic E-state index is 4.97. The maximum absolute atomic E-state index is 4.97. The van der Waals surface area contributed by atoms with Crippen LogP contribution in [-0.4, -0.2) is 43.6 Å². The fourth-order valence-corrected chi connectivity index (χ4v) is 4.17. The summed E-state index contributed by atoms with van der Waals surface area (Å²) in [6.07, 6.45) is 5.25. The zero-order valence-electron chi connectivity index (χ0n) is 11.4. The Morgan fingerprint density at radius 2 is 2.39 bits per heavy atom. The lowest BCUT2D eigenvalue weighted by molar-refractivity contribution is 0.250. The van der Waals surface area contributed by atoms with E-state index in [0.29, 0.717) is 11.3 Å². The molecule has 2 fully saturated rings. The van der Waals surface area contributed by atoms with Gasteiger partial charge < -0.3 is 10.2 Å². The molecule has 1 unspecified atom stereocenters. The van der Waals surface area contributed by atoms with Gasteiger partial charge >= 0.3 is 0 Å². The Morgan fingerprint density at radius 1 is 1.56 bits per heavy atom. The molecule has 0 aromatic carbocycles. The van der Waals surface area contributed by atoms with Crippen molar-refractivity contribution in [2.24, 2.45) is 0 Å². The highest BCUT2D eigenvalue weighted by atomic mass is 32.1. The van der Waals surface area contributed by atoms with Gasteiger partial charge in [0.2, 0.25) is 0 Å². The fraction of sp³-hybridized carbons (Fsp3) is 0.786. The molecule has 18 heavy (non-hydrogen) atoms. The number of likely N-dealkylation sites (N-methyl/N-ethyl adjacent to an activating group) is 2. The summed E-state index contributed by atoms with van der Waals surface area (Å²) in [6.45, 7) is 3.52. The number of likely N-dealkylation sites (tertiary alicyclic amines) is 1. The van der Waals surface area contributed by atoms with Gasteiger partial charge in [0, 0.05) is 29.8 Å². The normalized spacial score (nSPS) is 27.3. The molecule has 1 saturated carbocycles. The van der Waals surface area contributed by atoms with Crippen LogP contribution in [0.4, 0.5) is 0 Å². The summed E-state index contributed by atoms with van der Waals surface area (Å²) < 4.78 is 0. The molecule has 3 rings (SSSR count). The average molecular weight is 265 g/mol. The third-order valence-corrected chi connectivity index (χ3v) is 5.41. The van der Waals surface area contributed by atoms with Crippen LogP contribution >= 0.6 is 11.3 Å². The predicted octanol–water partition coefficient (Wildman–Crippen LogP) is 2.20. The standard InChI is InChI=1S/C14H23N3S/c1-15-10-14(5-6-14)12-9-18-13(16-12)11-4-3-7-17(2)8-11/h9,11,15H,3-8,10H2,1-2H3. The highest BCUT2D eigenvalue weighted by molar-refractivity contribution is 7.09. The Labute approximate surface area is 114 Å². The van der Waals surface area contributed by atoms with E-state index >= 15 is 0 Å². The van der Waals surface area contributed by atoms with Crippen LogP contribution in [0.2, 0.25) is 0 Å². The number of piperidine rings is 1. The number of rotatable bonds is 4. The largest absolute Gasteiger partial charge is 0.319 e. The molecule has 100 valence electrons. The summed E-state index contributed by atoms with van der Waals surface area (Å²) in [5, 5.41) is 7.01. The molecule has 1 atom stereocenters. The van der Waals surface area contributed by atoms with Gasteiger partial charge in [-0.25, -0.2) is 4.98 Å². The lowest BCUT2D eigenvalue weighted by Crippen LogP contribution is -2.31. The fourth-order valence-electron chi connectivity index (χ4n) is 3.10. The molecule has 0 amide bonds. The van der Waals surface area contributed by atoms with Crippen molar-refractivity contribution in [1.82, 2.24) is 15.2 Å². The molecule has 2 heterocycles. The monoisotopic (exact) mass is 265 g/mol. The molecule has 0 radical (unpaired) electrons. The van der Waals surface area contributed by atoms with Crippen molar-refractivity contribution >= 4 is 11.3 Å². The molecule has 0 spiro atoms. The van der Waals surface area contributed by atoms with E-state index in [4.69, 9.17) is 4.98 Å². The highest BCUT2D eigenvalue weighted by Crippen LogP contribution is 2.48. The first kappa shape index (κ1) is 12.6. The molecule has 2 aliphatic rings. The molecular formula is C14H23N3S. The molecule has 1 saturated heterocycles. The van der Waals surface area contributed by atoms with Crippen molar-refractivity contribution < 1.29 is 0 Å². The summed E-state index contributed by atoms with van der Waals surface area (Å²) in [7, 11) is 4.27. The SMILES string of the molecule is CNCC1(c2csc(C3CCCN(C)C3)n2)CC1. The Morgan fingerprint density at radius 3 is 3.06 bits per heavy atom. The highest BCUT2D eigenvalue weighted by Gasteiger charge is 2.45. The van der Waals surface area contributed by atoms with E-state index in [-0.39, 0.29) is 0 Å². The summed E-state index contributed by atoms with van der Waals surface area (Å²) in [6, 6.07) is 0. The first-order valence-corrected chi connectivity index (χ1v) is 7.90. The van der Waals surface area contributed by atoms with Crippen molar-refractivity contribution in [2.75, 3.05) is 33.7 Å². The molecule has 1 aromatic rings. The second-order valence-corrected chi connectivity index (χ2v) is 6.87. The minimum Gasteiger partial charge on any atom is -0.319 e. The predicted molar refractivity (Wildman–Crippen MR) is 76.4 cm³/mol. The third-order valence-electron chi connectivity index (χ3n) is 4.41. The van der Waals surface area contributed by atoms with Crippen molar-refractivity contribution in [1.29, 1.82) is 0 Å². The van der Waals surface area contributed by atoms with Crippen LogP contribution in [0.5, 0.6) is 0 Å². The minimum absolute atomic E-state index is 0.379. The zero-order valence-corrected chi connectivity index (χ0v) is 12.2. The molecule has 3 nitrogen and oxygen atoms in total. The van der Waals surface area contributed by atoms with E-state index in [0.717, 1.165) is 6.54 Å². The van der Waals surface area contributed by atoms with Gasteiger partial charge in [0.15, 0.2) is 0 Å². The second kappa shape index (κ2) is 4.91. The molecule has 1 aliphatic carbocycles. The van der Waals surface area contributed by atoms with Gasteiger partial charge in [-0.3, -0.25) is 0 Å². The summed E-state index contributed by atoms with van der Waals surface area (Å²) in [4.78, 5) is 7.41. The molecule has 1 aliphatic heterocycles. The number of hydrogen-bond acceptors (Lipinski definition) is 4. The first-order valence-electron chi connectivity index (χ1n) is 7.02. The average Bonchev–Trinajstić information content (AvgIpc) is 2.97. The van der Waals surface area contributed by atoms with Crippen LogP contribution in [-0.2, 0) is 5.41 Å². The van der Waals surface area contributed by atoms with E-state index in [1.165, 1.54) is 49.5 Å². The van der Waals surface area contributed by atoms with E-state index in [9.17, 15) is 0 Å². The van der Waals surface area contributed by atoms with Crippen LogP contribution in [0.15, 0.2) is 5.38 Å². The van der Waals surface area contributed by atoms with E-state index in [2.05, 4.69) is 22.6 Å². The van der Waals surface area contributed by atoms with Crippen molar-refractivity contribution in [2.45, 2.75) is 37.0 Å².